The molecule has 0 aromatic rings. The van der Waals surface area contributed by atoms with Crippen LogP contribution >= 0.6 is 0 Å². The Morgan fingerprint density at radius 1 is 0.643 bits per heavy atom. The van der Waals surface area contributed by atoms with E-state index in [1.807, 2.05) is 0 Å². The lowest BCUT2D eigenvalue weighted by Crippen LogP contribution is -2.52. The molecule has 0 rings (SSSR count). The third-order valence-electron chi connectivity index (χ3n) is 5.19. The third-order valence-corrected chi connectivity index (χ3v) is 5.99. The molecule has 0 atom stereocenters. The molecule has 0 aromatic heterocycles. The maximum absolute atomic E-state index is 11.0. The van der Waals surface area contributed by atoms with Crippen molar-refractivity contribution in [3.8, 4) is 0 Å². The molecule has 28 heavy (non-hydrogen) atoms. The highest BCUT2D eigenvalue weighted by Gasteiger charge is 2.26. The first kappa shape index (κ1) is 27.8. The van der Waals surface area contributed by atoms with Gasteiger partial charge < -0.3 is 14.0 Å². The Hall–Kier alpha value is -0.210. The molecule has 0 aliphatic rings. The van der Waals surface area contributed by atoms with Gasteiger partial charge in [-0.1, -0.05) is 33.6 Å². The van der Waals surface area contributed by atoms with Crippen LogP contribution < -0.4 is 0 Å². The van der Waals surface area contributed by atoms with Crippen molar-refractivity contribution in [2.24, 2.45) is 0 Å². The van der Waals surface area contributed by atoms with Gasteiger partial charge in [0.05, 0.1) is 45.2 Å². The lowest BCUT2D eigenvalue weighted by molar-refractivity contribution is -0.929. The van der Waals surface area contributed by atoms with E-state index in [0.29, 0.717) is 26.2 Å². The van der Waals surface area contributed by atoms with Crippen LogP contribution in [0.3, 0.4) is 0 Å². The van der Waals surface area contributed by atoms with Gasteiger partial charge in [-0.25, -0.2) is 0 Å². The average molecular weight is 425 g/mol. The van der Waals surface area contributed by atoms with Crippen molar-refractivity contribution in [3.05, 3.63) is 0 Å². The standard InChI is InChI=1S/C21H45NO5S/c1-4-7-9-13-22(14-10-8-5-2,15-11-12-21-28(23,24)25)16-18-27-20-19-26-17-6-3/h4-21H2,1-3H3/p+1. The zero-order valence-electron chi connectivity index (χ0n) is 18.7. The van der Waals surface area contributed by atoms with Crippen LogP contribution in [0.5, 0.6) is 0 Å². The minimum Gasteiger partial charge on any atom is -0.379 e. The van der Waals surface area contributed by atoms with Gasteiger partial charge in [-0.3, -0.25) is 4.55 Å². The minimum absolute atomic E-state index is 0.137. The van der Waals surface area contributed by atoms with E-state index in [-0.39, 0.29) is 5.75 Å². The summed E-state index contributed by atoms with van der Waals surface area (Å²) < 4.78 is 43.3. The molecule has 0 saturated heterocycles. The van der Waals surface area contributed by atoms with Crippen LogP contribution in [0.25, 0.3) is 0 Å². The van der Waals surface area contributed by atoms with Crippen molar-refractivity contribution in [2.45, 2.75) is 78.6 Å². The second-order valence-electron chi connectivity index (χ2n) is 7.87. The number of hydrogen-bond donors (Lipinski definition) is 1. The van der Waals surface area contributed by atoms with Gasteiger partial charge >= 0.3 is 0 Å². The second kappa shape index (κ2) is 17.6. The second-order valence-corrected chi connectivity index (χ2v) is 9.44. The maximum Gasteiger partial charge on any atom is 0.264 e. The lowest BCUT2D eigenvalue weighted by atomic mass is 10.1. The number of unbranched alkanes of at least 4 members (excludes halogenated alkanes) is 5. The predicted octanol–water partition coefficient (Wildman–Crippen LogP) is 4.29. The molecule has 0 unspecified atom stereocenters. The summed E-state index contributed by atoms with van der Waals surface area (Å²) in [4.78, 5) is 0. The van der Waals surface area contributed by atoms with Crippen molar-refractivity contribution in [2.75, 3.05) is 58.4 Å². The van der Waals surface area contributed by atoms with Crippen molar-refractivity contribution in [1.29, 1.82) is 0 Å². The molecule has 1 N–H and O–H groups in total. The fourth-order valence-electron chi connectivity index (χ4n) is 3.52. The van der Waals surface area contributed by atoms with Gasteiger partial charge in [-0.2, -0.15) is 8.42 Å². The summed E-state index contributed by atoms with van der Waals surface area (Å²) in [6.45, 7) is 13.5. The van der Waals surface area contributed by atoms with Crippen molar-refractivity contribution in [1.82, 2.24) is 0 Å². The van der Waals surface area contributed by atoms with Crippen molar-refractivity contribution >= 4 is 10.1 Å². The largest absolute Gasteiger partial charge is 0.379 e. The highest BCUT2D eigenvalue weighted by atomic mass is 32.2. The predicted molar refractivity (Wildman–Crippen MR) is 116 cm³/mol. The fourth-order valence-corrected chi connectivity index (χ4v) is 4.09. The highest BCUT2D eigenvalue weighted by Crippen LogP contribution is 2.16. The topological polar surface area (TPSA) is 72.8 Å². The van der Waals surface area contributed by atoms with E-state index in [1.54, 1.807) is 0 Å². The van der Waals surface area contributed by atoms with Crippen LogP contribution in [0.1, 0.15) is 78.6 Å². The van der Waals surface area contributed by atoms with Gasteiger partial charge in [-0.05, 0) is 44.9 Å². The van der Waals surface area contributed by atoms with Gasteiger partial charge in [0.25, 0.3) is 10.1 Å². The molecule has 0 fully saturated rings. The Labute approximate surface area is 174 Å². The molecule has 6 nitrogen and oxygen atoms in total. The van der Waals surface area contributed by atoms with Gasteiger partial charge in [0.2, 0.25) is 0 Å². The SMILES string of the molecule is CCCCC[N+](CCCCC)(CCCCS(=O)(=O)O)CCOCCOCCC. The molecule has 0 aliphatic heterocycles. The van der Waals surface area contributed by atoms with Crippen molar-refractivity contribution < 1.29 is 26.9 Å². The Morgan fingerprint density at radius 2 is 1.14 bits per heavy atom. The summed E-state index contributed by atoms with van der Waals surface area (Å²) in [6, 6.07) is 0. The summed E-state index contributed by atoms with van der Waals surface area (Å²) >= 11 is 0. The summed E-state index contributed by atoms with van der Waals surface area (Å²) in [5.74, 6) is -0.137. The fraction of sp³-hybridized carbons (Fsp3) is 1.00. The van der Waals surface area contributed by atoms with E-state index in [1.165, 1.54) is 38.5 Å². The zero-order chi connectivity index (χ0) is 21.1. The number of quaternary nitrogens is 1. The van der Waals surface area contributed by atoms with E-state index in [9.17, 15) is 8.42 Å². The molecule has 0 bridgehead atoms. The first-order chi connectivity index (χ1) is 13.4. The van der Waals surface area contributed by atoms with Crippen molar-refractivity contribution in [3.63, 3.8) is 0 Å². The number of hydrogen-bond acceptors (Lipinski definition) is 4. The Morgan fingerprint density at radius 3 is 1.61 bits per heavy atom. The maximum atomic E-state index is 11.0. The van der Waals surface area contributed by atoms with Gasteiger partial charge in [0, 0.05) is 6.61 Å². The summed E-state index contributed by atoms with van der Waals surface area (Å²) in [5.41, 5.74) is 0. The smallest absolute Gasteiger partial charge is 0.264 e. The van der Waals surface area contributed by atoms with E-state index in [0.717, 1.165) is 50.1 Å². The molecule has 0 aromatic carbocycles. The summed E-state index contributed by atoms with van der Waals surface area (Å²) in [6.07, 6.45) is 9.60. The molecule has 0 heterocycles. The zero-order valence-corrected chi connectivity index (χ0v) is 19.5. The molecule has 7 heteroatoms. The molecule has 0 saturated carbocycles. The molecule has 170 valence electrons. The van der Waals surface area contributed by atoms with E-state index in [4.69, 9.17) is 14.0 Å². The van der Waals surface area contributed by atoms with Gasteiger partial charge in [0.1, 0.15) is 6.54 Å². The van der Waals surface area contributed by atoms with Crippen LogP contribution in [0.2, 0.25) is 0 Å². The van der Waals surface area contributed by atoms with Crippen LogP contribution in [0.4, 0.5) is 0 Å². The van der Waals surface area contributed by atoms with E-state index in [2.05, 4.69) is 20.8 Å². The quantitative estimate of drug-likeness (QED) is 0.169. The molecule has 0 aliphatic carbocycles. The lowest BCUT2D eigenvalue weighted by Gasteiger charge is -2.39. The van der Waals surface area contributed by atoms with Crippen LogP contribution in [0.15, 0.2) is 0 Å². The first-order valence-electron chi connectivity index (χ1n) is 11.3. The number of ether oxygens (including phenoxy) is 2. The Bertz CT molecular complexity index is 432. The molecular formula is C21H46NO5S+. The minimum atomic E-state index is -3.86. The molecule has 0 spiro atoms. The van der Waals surface area contributed by atoms with Gasteiger partial charge in [-0.15, -0.1) is 0 Å². The van der Waals surface area contributed by atoms with Crippen LogP contribution in [-0.4, -0.2) is 75.8 Å². The van der Waals surface area contributed by atoms with E-state index >= 15 is 0 Å². The molecule has 0 amide bonds. The Kier molecular flexibility index (Phi) is 17.5. The van der Waals surface area contributed by atoms with E-state index < -0.39 is 10.1 Å². The normalized spacial score (nSPS) is 12.6. The summed E-state index contributed by atoms with van der Waals surface area (Å²) in [7, 11) is -3.86. The Balaban J connectivity index is 4.66. The average Bonchev–Trinajstić information content (AvgIpc) is 2.64. The van der Waals surface area contributed by atoms with Gasteiger partial charge in [0.15, 0.2) is 0 Å². The number of nitrogens with zero attached hydrogens (tertiary/aromatic N) is 1. The summed E-state index contributed by atoms with van der Waals surface area (Å²) in [5, 5.41) is 0. The third kappa shape index (κ3) is 16.7. The number of rotatable bonds is 21. The monoisotopic (exact) mass is 424 g/mol. The molecule has 0 radical (unpaired) electrons. The highest BCUT2D eigenvalue weighted by molar-refractivity contribution is 7.85. The van der Waals surface area contributed by atoms with Crippen LogP contribution in [-0.2, 0) is 19.6 Å². The first-order valence-corrected chi connectivity index (χ1v) is 13.0. The molecular weight excluding hydrogens is 378 g/mol. The van der Waals surface area contributed by atoms with Crippen LogP contribution in [0, 0.1) is 0 Å².